The predicted molar refractivity (Wildman–Crippen MR) is 140 cm³/mol. The summed E-state index contributed by atoms with van der Waals surface area (Å²) in [6.07, 6.45) is 0. The number of nitriles is 1. The summed E-state index contributed by atoms with van der Waals surface area (Å²) in [5.41, 5.74) is 15.1. The van der Waals surface area contributed by atoms with Crippen LogP contribution in [0.2, 0.25) is 0 Å². The highest BCUT2D eigenvalue weighted by molar-refractivity contribution is 7.21. The highest BCUT2D eigenvalue weighted by Gasteiger charge is 2.27. The molecular weight excluding hydrogens is 478 g/mol. The fourth-order valence-electron chi connectivity index (χ4n) is 4.06. The number of aromatic nitrogens is 1. The van der Waals surface area contributed by atoms with E-state index >= 15 is 0 Å². The van der Waals surface area contributed by atoms with Crippen molar-refractivity contribution in [2.45, 2.75) is 6.54 Å². The maximum atomic E-state index is 13.4. The topological polar surface area (TPSA) is 137 Å². The van der Waals surface area contributed by atoms with Crippen LogP contribution in [-0.2, 0) is 6.54 Å². The minimum absolute atomic E-state index is 0.0339. The van der Waals surface area contributed by atoms with Crippen molar-refractivity contribution in [1.82, 2.24) is 9.88 Å². The number of rotatable bonds is 7. The van der Waals surface area contributed by atoms with Gasteiger partial charge in [-0.3, -0.25) is 4.79 Å². The van der Waals surface area contributed by atoms with Gasteiger partial charge in [0, 0.05) is 24.5 Å². The minimum Gasteiger partial charge on any atom is -0.493 e. The molecule has 2 aromatic carbocycles. The second-order valence-corrected chi connectivity index (χ2v) is 8.94. The van der Waals surface area contributed by atoms with Crippen LogP contribution in [0.3, 0.4) is 0 Å². The first-order valence-electron chi connectivity index (χ1n) is 10.9. The number of thiophene rings is 1. The lowest BCUT2D eigenvalue weighted by atomic mass is 9.96. The number of nitrogen functional groups attached to an aromatic ring is 2. The van der Waals surface area contributed by atoms with Crippen molar-refractivity contribution in [3.05, 3.63) is 58.5 Å². The van der Waals surface area contributed by atoms with Gasteiger partial charge >= 0.3 is 0 Å². The van der Waals surface area contributed by atoms with E-state index in [9.17, 15) is 10.1 Å². The number of fused-ring (bicyclic) bond motifs is 1. The highest BCUT2D eigenvalue weighted by atomic mass is 32.1. The Morgan fingerprint density at radius 1 is 1.08 bits per heavy atom. The Bertz CT molecular complexity index is 1470. The summed E-state index contributed by atoms with van der Waals surface area (Å²) in [4.78, 5) is 20.1. The van der Waals surface area contributed by atoms with Crippen LogP contribution in [0.1, 0.15) is 20.8 Å². The number of nitrogens with two attached hydrogens (primary N) is 2. The predicted octanol–water partition coefficient (Wildman–Crippen LogP) is 4.30. The molecule has 2 heterocycles. The summed E-state index contributed by atoms with van der Waals surface area (Å²) in [7, 11) is 6.22. The lowest BCUT2D eigenvalue weighted by Crippen LogP contribution is -2.26. The van der Waals surface area contributed by atoms with E-state index in [-0.39, 0.29) is 23.0 Å². The van der Waals surface area contributed by atoms with Crippen LogP contribution in [0, 0.1) is 11.3 Å². The molecule has 0 saturated heterocycles. The smallest absolute Gasteiger partial charge is 0.266 e. The molecule has 2 aromatic heterocycles. The van der Waals surface area contributed by atoms with Crippen LogP contribution in [0.4, 0.5) is 11.5 Å². The van der Waals surface area contributed by atoms with Gasteiger partial charge in [0.2, 0.25) is 5.75 Å². The molecule has 0 aliphatic carbocycles. The first-order valence-corrected chi connectivity index (χ1v) is 11.7. The van der Waals surface area contributed by atoms with Crippen LogP contribution in [0.15, 0.2) is 42.5 Å². The van der Waals surface area contributed by atoms with E-state index in [1.54, 1.807) is 24.1 Å². The van der Waals surface area contributed by atoms with E-state index in [1.165, 1.54) is 21.3 Å². The number of carbonyl (C=O) groups is 1. The summed E-state index contributed by atoms with van der Waals surface area (Å²) < 4.78 is 16.4. The molecule has 1 amide bonds. The van der Waals surface area contributed by atoms with Gasteiger partial charge in [0.1, 0.15) is 27.2 Å². The van der Waals surface area contributed by atoms with Crippen molar-refractivity contribution in [3.63, 3.8) is 0 Å². The van der Waals surface area contributed by atoms with E-state index in [2.05, 4.69) is 11.1 Å². The molecule has 36 heavy (non-hydrogen) atoms. The molecule has 0 atom stereocenters. The van der Waals surface area contributed by atoms with Gasteiger partial charge in [-0.1, -0.05) is 30.3 Å². The molecule has 0 saturated carbocycles. The van der Waals surface area contributed by atoms with Crippen LogP contribution < -0.4 is 25.7 Å². The summed E-state index contributed by atoms with van der Waals surface area (Å²) in [6, 6.07) is 15.2. The van der Waals surface area contributed by atoms with Crippen LogP contribution in [-0.4, -0.2) is 44.2 Å². The van der Waals surface area contributed by atoms with Crippen LogP contribution in [0.25, 0.3) is 21.3 Å². The Labute approximate surface area is 212 Å². The fraction of sp³-hybridized carbons (Fsp3) is 0.192. The normalized spacial score (nSPS) is 10.6. The number of benzene rings is 2. The second-order valence-electron chi connectivity index (χ2n) is 7.94. The van der Waals surface area contributed by atoms with Crippen molar-refractivity contribution in [2.75, 3.05) is 39.8 Å². The molecule has 0 bridgehead atoms. The number of anilines is 2. The monoisotopic (exact) mass is 503 g/mol. The Kier molecular flexibility index (Phi) is 6.85. The molecule has 0 aliphatic heterocycles. The summed E-state index contributed by atoms with van der Waals surface area (Å²) in [5.74, 6) is 0.968. The minimum atomic E-state index is -0.257. The third kappa shape index (κ3) is 4.21. The molecule has 4 aromatic rings. The van der Waals surface area contributed by atoms with Crippen LogP contribution in [0.5, 0.6) is 17.2 Å². The van der Waals surface area contributed by atoms with E-state index in [0.29, 0.717) is 50.0 Å². The van der Waals surface area contributed by atoms with Gasteiger partial charge in [-0.25, -0.2) is 4.98 Å². The van der Waals surface area contributed by atoms with Gasteiger partial charge in [-0.05, 0) is 23.3 Å². The Balaban J connectivity index is 1.92. The third-order valence-corrected chi connectivity index (χ3v) is 6.86. The quantitative estimate of drug-likeness (QED) is 0.381. The van der Waals surface area contributed by atoms with E-state index in [0.717, 1.165) is 16.9 Å². The average Bonchev–Trinajstić information content (AvgIpc) is 3.22. The number of hydrogen-bond acceptors (Lipinski definition) is 9. The molecule has 4 N–H and O–H groups in total. The van der Waals surface area contributed by atoms with Gasteiger partial charge in [0.15, 0.2) is 11.5 Å². The third-order valence-electron chi connectivity index (χ3n) is 5.77. The Morgan fingerprint density at radius 3 is 2.28 bits per heavy atom. The van der Waals surface area contributed by atoms with Gasteiger partial charge in [-0.15, -0.1) is 11.3 Å². The Morgan fingerprint density at radius 2 is 1.72 bits per heavy atom. The van der Waals surface area contributed by atoms with Crippen molar-refractivity contribution in [2.24, 2.45) is 0 Å². The zero-order chi connectivity index (χ0) is 26.0. The first-order chi connectivity index (χ1) is 17.3. The molecular formula is C26H25N5O4S. The molecule has 0 radical (unpaired) electrons. The summed E-state index contributed by atoms with van der Waals surface area (Å²) in [5, 5.41) is 10.4. The molecule has 4 rings (SSSR count). The van der Waals surface area contributed by atoms with E-state index < -0.39 is 0 Å². The lowest BCUT2D eigenvalue weighted by Gasteiger charge is -2.17. The van der Waals surface area contributed by atoms with Gasteiger partial charge in [-0.2, -0.15) is 5.26 Å². The van der Waals surface area contributed by atoms with Gasteiger partial charge < -0.3 is 30.6 Å². The average molecular weight is 504 g/mol. The van der Waals surface area contributed by atoms with Gasteiger partial charge in [0.05, 0.1) is 27.0 Å². The molecule has 0 spiro atoms. The van der Waals surface area contributed by atoms with Crippen molar-refractivity contribution in [1.29, 1.82) is 5.26 Å². The maximum Gasteiger partial charge on any atom is 0.266 e. The molecule has 9 nitrogen and oxygen atoms in total. The first kappa shape index (κ1) is 24.6. The molecule has 184 valence electrons. The molecule has 0 aliphatic rings. The highest BCUT2D eigenvalue weighted by Crippen LogP contribution is 2.47. The van der Waals surface area contributed by atoms with E-state index in [1.807, 2.05) is 30.3 Å². The Hall–Kier alpha value is -4.49. The number of ether oxygens (including phenoxy) is 3. The number of nitrogens with zero attached hydrogens (tertiary/aromatic N) is 3. The van der Waals surface area contributed by atoms with Gasteiger partial charge in [0.25, 0.3) is 5.91 Å². The van der Waals surface area contributed by atoms with Crippen molar-refractivity contribution in [3.8, 4) is 34.4 Å². The summed E-state index contributed by atoms with van der Waals surface area (Å²) >= 11 is 1.14. The summed E-state index contributed by atoms with van der Waals surface area (Å²) in [6.45, 7) is 0.409. The second kappa shape index (κ2) is 10.0. The number of carbonyl (C=O) groups excluding carboxylic acids is 1. The fourth-order valence-corrected chi connectivity index (χ4v) is 5.17. The van der Waals surface area contributed by atoms with Crippen molar-refractivity contribution >= 4 is 39.0 Å². The maximum absolute atomic E-state index is 13.4. The number of pyridine rings is 1. The molecule has 0 unspecified atom stereocenters. The lowest BCUT2D eigenvalue weighted by molar-refractivity contribution is 0.0791. The largest absolute Gasteiger partial charge is 0.493 e. The molecule has 0 fully saturated rings. The molecule has 10 heteroatoms. The van der Waals surface area contributed by atoms with Crippen LogP contribution >= 0.6 is 11.3 Å². The number of hydrogen-bond donors (Lipinski definition) is 2. The number of amides is 1. The zero-order valence-corrected chi connectivity index (χ0v) is 21.1. The standard InChI is InChI=1S/C26H25N5O4S/c1-31(13-14-8-6-5-7-9-14)26(32)23-21(28)20-19(16(12-27)24(29)30-25(20)36-23)15-10-17(33-2)22(35-4)18(11-15)34-3/h5-11H,13,28H2,1-4H3,(H2,29,30). The van der Waals surface area contributed by atoms with E-state index in [4.69, 9.17) is 25.7 Å². The van der Waals surface area contributed by atoms with Crippen molar-refractivity contribution < 1.29 is 19.0 Å². The number of methoxy groups -OCH3 is 3. The zero-order valence-electron chi connectivity index (χ0n) is 20.3. The SMILES string of the molecule is COc1cc(-c2c(C#N)c(N)nc3sc(C(=O)N(C)Cc4ccccc4)c(N)c23)cc(OC)c1OC.